The highest BCUT2D eigenvalue weighted by molar-refractivity contribution is 5.62. The molecule has 0 aliphatic carbocycles. The molecular weight excluding hydrogens is 250 g/mol. The summed E-state index contributed by atoms with van der Waals surface area (Å²) < 4.78 is 0. The molecule has 20 heavy (non-hydrogen) atoms. The predicted molar refractivity (Wildman–Crippen MR) is 85.5 cm³/mol. The van der Waals surface area contributed by atoms with Crippen LogP contribution in [0, 0.1) is 13.8 Å². The van der Waals surface area contributed by atoms with Gasteiger partial charge in [-0.1, -0.05) is 0 Å². The number of hydrogen-bond donors (Lipinski definition) is 4. The SMILES string of the molecule is Cc1cc(NC(C)c2c(C)c[nH]c2N=CN)ccc1N. The minimum absolute atomic E-state index is 0.114. The van der Waals surface area contributed by atoms with Gasteiger partial charge in [-0.05, 0) is 50.1 Å². The van der Waals surface area contributed by atoms with Crippen LogP contribution in [-0.4, -0.2) is 11.3 Å². The van der Waals surface area contributed by atoms with Gasteiger partial charge < -0.3 is 21.8 Å². The quantitative estimate of drug-likeness (QED) is 0.391. The third kappa shape index (κ3) is 2.77. The summed E-state index contributed by atoms with van der Waals surface area (Å²) in [7, 11) is 0. The second-order valence-electron chi connectivity index (χ2n) is 4.95. The molecule has 0 aliphatic heterocycles. The summed E-state index contributed by atoms with van der Waals surface area (Å²) in [6.45, 7) is 6.14. The molecule has 2 aromatic rings. The van der Waals surface area contributed by atoms with Crippen molar-refractivity contribution in [3.8, 4) is 0 Å². The standard InChI is InChI=1S/C15H21N5/c1-9-6-12(4-5-13(9)17)20-11(3)14-10(2)7-18-15(14)19-8-16/h4-8,11,18,20H,17H2,1-3H3,(H2,16,19). The van der Waals surface area contributed by atoms with Crippen LogP contribution in [0.5, 0.6) is 0 Å². The van der Waals surface area contributed by atoms with E-state index < -0.39 is 0 Å². The molecule has 1 aromatic heterocycles. The van der Waals surface area contributed by atoms with Gasteiger partial charge in [0.15, 0.2) is 0 Å². The molecule has 0 amide bonds. The summed E-state index contributed by atoms with van der Waals surface area (Å²) in [5.41, 5.74) is 16.4. The molecule has 0 saturated heterocycles. The molecule has 106 valence electrons. The number of aromatic amines is 1. The third-order valence-corrected chi connectivity index (χ3v) is 3.39. The Balaban J connectivity index is 2.25. The average molecular weight is 271 g/mol. The molecule has 2 rings (SSSR count). The Bertz CT molecular complexity index is 627. The first-order valence-electron chi connectivity index (χ1n) is 6.57. The average Bonchev–Trinajstić information content (AvgIpc) is 2.76. The van der Waals surface area contributed by atoms with Crippen LogP contribution in [0.15, 0.2) is 29.4 Å². The van der Waals surface area contributed by atoms with E-state index in [-0.39, 0.29) is 6.04 Å². The lowest BCUT2D eigenvalue weighted by molar-refractivity contribution is 0.878. The van der Waals surface area contributed by atoms with Crippen LogP contribution in [0.3, 0.4) is 0 Å². The smallest absolute Gasteiger partial charge is 0.137 e. The number of anilines is 2. The molecule has 5 heteroatoms. The van der Waals surface area contributed by atoms with Gasteiger partial charge in [-0.3, -0.25) is 0 Å². The van der Waals surface area contributed by atoms with Crippen molar-refractivity contribution in [2.24, 2.45) is 10.7 Å². The van der Waals surface area contributed by atoms with Gasteiger partial charge in [0.2, 0.25) is 0 Å². The van der Waals surface area contributed by atoms with Crippen molar-refractivity contribution < 1.29 is 0 Å². The van der Waals surface area contributed by atoms with E-state index in [1.54, 1.807) is 0 Å². The van der Waals surface area contributed by atoms with Crippen molar-refractivity contribution in [1.82, 2.24) is 4.98 Å². The van der Waals surface area contributed by atoms with Crippen molar-refractivity contribution in [3.63, 3.8) is 0 Å². The Kier molecular flexibility index (Phi) is 3.98. The van der Waals surface area contributed by atoms with Crippen LogP contribution in [-0.2, 0) is 0 Å². The van der Waals surface area contributed by atoms with Gasteiger partial charge in [0, 0.05) is 23.1 Å². The lowest BCUT2D eigenvalue weighted by Gasteiger charge is -2.17. The molecule has 6 N–H and O–H groups in total. The fraction of sp³-hybridized carbons (Fsp3) is 0.267. The molecule has 5 nitrogen and oxygen atoms in total. The summed E-state index contributed by atoms with van der Waals surface area (Å²) in [5, 5.41) is 3.46. The fourth-order valence-electron chi connectivity index (χ4n) is 2.33. The molecule has 0 fully saturated rings. The lowest BCUT2D eigenvalue weighted by atomic mass is 10.1. The molecule has 1 heterocycles. The number of nitrogen functional groups attached to an aromatic ring is 1. The number of nitrogens with two attached hydrogens (primary N) is 2. The molecule has 0 bridgehead atoms. The van der Waals surface area contributed by atoms with Crippen molar-refractivity contribution in [1.29, 1.82) is 0 Å². The monoisotopic (exact) mass is 271 g/mol. The van der Waals surface area contributed by atoms with Crippen molar-refractivity contribution in [3.05, 3.63) is 41.1 Å². The fourth-order valence-corrected chi connectivity index (χ4v) is 2.33. The Hall–Kier alpha value is -2.43. The Morgan fingerprint density at radius 3 is 2.70 bits per heavy atom. The number of H-pyrrole nitrogens is 1. The van der Waals surface area contributed by atoms with Crippen LogP contribution in [0.4, 0.5) is 17.2 Å². The topological polar surface area (TPSA) is 92.2 Å². The number of rotatable bonds is 4. The maximum absolute atomic E-state index is 5.84. The van der Waals surface area contributed by atoms with Crippen LogP contribution in [0.2, 0.25) is 0 Å². The Morgan fingerprint density at radius 1 is 1.30 bits per heavy atom. The van der Waals surface area contributed by atoms with Crippen molar-refractivity contribution in [2.45, 2.75) is 26.8 Å². The van der Waals surface area contributed by atoms with Crippen molar-refractivity contribution >= 4 is 23.5 Å². The zero-order valence-corrected chi connectivity index (χ0v) is 12.1. The van der Waals surface area contributed by atoms with Crippen LogP contribution in [0.1, 0.15) is 29.7 Å². The Labute approximate surface area is 119 Å². The van der Waals surface area contributed by atoms with E-state index in [0.717, 1.165) is 33.9 Å². The molecule has 0 aliphatic rings. The van der Waals surface area contributed by atoms with E-state index in [0.29, 0.717) is 0 Å². The minimum atomic E-state index is 0.114. The number of nitrogens with zero attached hydrogens (tertiary/aromatic N) is 1. The van der Waals surface area contributed by atoms with E-state index in [9.17, 15) is 0 Å². The zero-order valence-electron chi connectivity index (χ0n) is 12.1. The van der Waals surface area contributed by atoms with Gasteiger partial charge in [-0.25, -0.2) is 4.99 Å². The van der Waals surface area contributed by atoms with Crippen molar-refractivity contribution in [2.75, 3.05) is 11.1 Å². The van der Waals surface area contributed by atoms with E-state index in [1.807, 2.05) is 38.2 Å². The highest BCUT2D eigenvalue weighted by atomic mass is 15.0. The summed E-state index contributed by atoms with van der Waals surface area (Å²) in [6.07, 6.45) is 3.24. The van der Waals surface area contributed by atoms with Gasteiger partial charge in [-0.15, -0.1) is 0 Å². The molecule has 0 saturated carbocycles. The summed E-state index contributed by atoms with van der Waals surface area (Å²) in [6, 6.07) is 6.04. The van der Waals surface area contributed by atoms with Gasteiger partial charge in [0.05, 0.1) is 12.4 Å². The first-order chi connectivity index (χ1) is 9.52. The number of aromatic nitrogens is 1. The van der Waals surface area contributed by atoms with Gasteiger partial charge in [0.25, 0.3) is 0 Å². The zero-order chi connectivity index (χ0) is 14.7. The van der Waals surface area contributed by atoms with Crippen LogP contribution < -0.4 is 16.8 Å². The second kappa shape index (κ2) is 5.69. The molecular formula is C15H21N5. The minimum Gasteiger partial charge on any atom is -0.399 e. The van der Waals surface area contributed by atoms with Crippen LogP contribution in [0.25, 0.3) is 0 Å². The number of aliphatic imine (C=N–C) groups is 1. The van der Waals surface area contributed by atoms with Gasteiger partial charge in [-0.2, -0.15) is 0 Å². The molecule has 0 spiro atoms. The van der Waals surface area contributed by atoms with Gasteiger partial charge >= 0.3 is 0 Å². The highest BCUT2D eigenvalue weighted by Gasteiger charge is 2.15. The van der Waals surface area contributed by atoms with Crippen LogP contribution >= 0.6 is 0 Å². The summed E-state index contributed by atoms with van der Waals surface area (Å²) in [4.78, 5) is 7.28. The molecule has 1 aromatic carbocycles. The van der Waals surface area contributed by atoms with E-state index in [2.05, 4.69) is 22.2 Å². The maximum atomic E-state index is 5.84. The molecule has 1 atom stereocenters. The largest absolute Gasteiger partial charge is 0.399 e. The number of nitrogens with one attached hydrogen (secondary N) is 2. The second-order valence-corrected chi connectivity index (χ2v) is 4.95. The summed E-state index contributed by atoms with van der Waals surface area (Å²) >= 11 is 0. The third-order valence-electron chi connectivity index (χ3n) is 3.39. The molecule has 0 radical (unpaired) electrons. The van der Waals surface area contributed by atoms with E-state index in [1.165, 1.54) is 6.34 Å². The first kappa shape index (κ1) is 14.0. The van der Waals surface area contributed by atoms with E-state index >= 15 is 0 Å². The Morgan fingerprint density at radius 2 is 2.05 bits per heavy atom. The van der Waals surface area contributed by atoms with E-state index in [4.69, 9.17) is 11.5 Å². The predicted octanol–water partition coefficient (Wildman–Crippen LogP) is 3.01. The van der Waals surface area contributed by atoms with Gasteiger partial charge in [0.1, 0.15) is 5.82 Å². The highest BCUT2D eigenvalue weighted by Crippen LogP contribution is 2.30. The number of hydrogen-bond acceptors (Lipinski definition) is 3. The lowest BCUT2D eigenvalue weighted by Crippen LogP contribution is -2.08. The number of aryl methyl sites for hydroxylation is 2. The maximum Gasteiger partial charge on any atom is 0.137 e. The molecule has 1 unspecified atom stereocenters. The first-order valence-corrected chi connectivity index (χ1v) is 6.57. The summed E-state index contributed by atoms with van der Waals surface area (Å²) in [5.74, 6) is 0.789. The normalized spacial score (nSPS) is 12.8. The number of benzene rings is 1.